The zero-order valence-electron chi connectivity index (χ0n) is 11.2. The summed E-state index contributed by atoms with van der Waals surface area (Å²) in [7, 11) is 0. The van der Waals surface area contributed by atoms with Gasteiger partial charge in [0.1, 0.15) is 0 Å². The molecule has 0 amide bonds. The zero-order chi connectivity index (χ0) is 14.6. The molecular formula is C11H17N3O5. The predicted molar refractivity (Wildman–Crippen MR) is 66.4 cm³/mol. The minimum Gasteiger partial charge on any atom is -0.354 e. The Labute approximate surface area is 110 Å². The molecule has 0 unspecified atom stereocenters. The molecule has 8 nitrogen and oxygen atoms in total. The van der Waals surface area contributed by atoms with Gasteiger partial charge in [0.05, 0.1) is 4.92 Å². The van der Waals surface area contributed by atoms with Gasteiger partial charge >= 0.3 is 5.69 Å². The fourth-order valence-corrected chi connectivity index (χ4v) is 2.14. The molecule has 0 fully saturated rings. The smallest absolute Gasteiger partial charge is 0.334 e. The summed E-state index contributed by atoms with van der Waals surface area (Å²) in [5.41, 5.74) is 0.0292. The lowest BCUT2D eigenvalue weighted by Gasteiger charge is -2.12. The van der Waals surface area contributed by atoms with E-state index in [0.717, 1.165) is 0 Å². The third-order valence-corrected chi connectivity index (χ3v) is 2.77. The topological polar surface area (TPSA) is 112 Å². The van der Waals surface area contributed by atoms with Crippen molar-refractivity contribution in [1.82, 2.24) is 5.16 Å². The Balaban J connectivity index is 2.89. The molecule has 0 aliphatic carbocycles. The second-order valence-electron chi connectivity index (χ2n) is 5.01. The summed E-state index contributed by atoms with van der Waals surface area (Å²) in [6.45, 7) is 5.16. The van der Waals surface area contributed by atoms with Crippen LogP contribution in [0.25, 0.3) is 0 Å². The lowest BCUT2D eigenvalue weighted by atomic mass is 9.93. The van der Waals surface area contributed by atoms with E-state index in [9.17, 15) is 20.2 Å². The maximum Gasteiger partial charge on any atom is 0.334 e. The van der Waals surface area contributed by atoms with E-state index in [1.165, 1.54) is 6.92 Å². The molecule has 1 aromatic heterocycles. The molecule has 0 N–H and O–H groups in total. The Kier molecular flexibility index (Phi) is 4.96. The number of aryl methyl sites for hydroxylation is 1. The highest BCUT2D eigenvalue weighted by Crippen LogP contribution is 2.27. The highest BCUT2D eigenvalue weighted by Gasteiger charge is 2.28. The van der Waals surface area contributed by atoms with Crippen LogP contribution in [0.5, 0.6) is 0 Å². The van der Waals surface area contributed by atoms with Gasteiger partial charge in [-0.2, -0.15) is 0 Å². The van der Waals surface area contributed by atoms with Gasteiger partial charge in [0.15, 0.2) is 5.69 Å². The van der Waals surface area contributed by atoms with Gasteiger partial charge in [-0.25, -0.2) is 0 Å². The van der Waals surface area contributed by atoms with E-state index in [2.05, 4.69) is 5.16 Å². The minimum atomic E-state index is -0.556. The first kappa shape index (κ1) is 15.1. The van der Waals surface area contributed by atoms with E-state index < -0.39 is 9.85 Å². The Morgan fingerprint density at radius 1 is 1.32 bits per heavy atom. The highest BCUT2D eigenvalue weighted by molar-refractivity contribution is 5.37. The number of aromatic nitrogens is 1. The standard InChI is InChI=1S/C11H17N3O5/c1-7(2)4-9(6-13(15)16)5-10-11(14(17)18)8(3)12-19-10/h7,9H,4-6H2,1-3H3/t9-/m0/s1. The Hall–Kier alpha value is -1.99. The molecule has 0 aromatic carbocycles. The summed E-state index contributed by atoms with van der Waals surface area (Å²) in [5, 5.41) is 25.1. The van der Waals surface area contributed by atoms with Gasteiger partial charge < -0.3 is 4.52 Å². The Morgan fingerprint density at radius 2 is 1.95 bits per heavy atom. The maximum atomic E-state index is 10.9. The van der Waals surface area contributed by atoms with Crippen molar-refractivity contribution in [3.8, 4) is 0 Å². The summed E-state index contributed by atoms with van der Waals surface area (Å²) in [4.78, 5) is 20.6. The monoisotopic (exact) mass is 271 g/mol. The van der Waals surface area contributed by atoms with Crippen molar-refractivity contribution in [2.75, 3.05) is 6.54 Å². The van der Waals surface area contributed by atoms with E-state index in [1.807, 2.05) is 13.8 Å². The van der Waals surface area contributed by atoms with Crippen LogP contribution in [0.3, 0.4) is 0 Å². The van der Waals surface area contributed by atoms with Gasteiger partial charge in [0.2, 0.25) is 12.3 Å². The quantitative estimate of drug-likeness (QED) is 0.555. The molecular weight excluding hydrogens is 254 g/mol. The molecule has 0 saturated heterocycles. The minimum absolute atomic E-state index is 0.120. The average molecular weight is 271 g/mol. The maximum absolute atomic E-state index is 10.9. The molecule has 1 heterocycles. The SMILES string of the molecule is Cc1noc(C[C@H](CC(C)C)C[N+](=O)[O-])c1[N+](=O)[O-]. The van der Waals surface area contributed by atoms with E-state index in [0.29, 0.717) is 6.42 Å². The van der Waals surface area contributed by atoms with Crippen LogP contribution in [0.4, 0.5) is 5.69 Å². The fraction of sp³-hybridized carbons (Fsp3) is 0.727. The van der Waals surface area contributed by atoms with Crippen molar-refractivity contribution in [3.63, 3.8) is 0 Å². The van der Waals surface area contributed by atoms with Crippen LogP contribution in [-0.2, 0) is 6.42 Å². The van der Waals surface area contributed by atoms with Crippen LogP contribution in [0.15, 0.2) is 4.52 Å². The van der Waals surface area contributed by atoms with Crippen molar-refractivity contribution in [1.29, 1.82) is 0 Å². The summed E-state index contributed by atoms with van der Waals surface area (Å²) < 4.78 is 4.94. The van der Waals surface area contributed by atoms with Crippen molar-refractivity contribution in [2.24, 2.45) is 11.8 Å². The van der Waals surface area contributed by atoms with Crippen LogP contribution in [0, 0.1) is 39.0 Å². The molecule has 1 atom stereocenters. The lowest BCUT2D eigenvalue weighted by molar-refractivity contribution is -0.488. The van der Waals surface area contributed by atoms with Crippen LogP contribution < -0.4 is 0 Å². The van der Waals surface area contributed by atoms with Gasteiger partial charge in [-0.3, -0.25) is 20.2 Å². The van der Waals surface area contributed by atoms with Gasteiger partial charge in [-0.15, -0.1) is 0 Å². The largest absolute Gasteiger partial charge is 0.354 e. The molecule has 1 rings (SSSR count). The van der Waals surface area contributed by atoms with Gasteiger partial charge in [-0.05, 0) is 19.3 Å². The Morgan fingerprint density at radius 3 is 2.42 bits per heavy atom. The van der Waals surface area contributed by atoms with Gasteiger partial charge in [0, 0.05) is 17.3 Å². The number of nitrogens with zero attached hydrogens (tertiary/aromatic N) is 3. The van der Waals surface area contributed by atoms with Gasteiger partial charge in [-0.1, -0.05) is 19.0 Å². The number of hydrogen-bond acceptors (Lipinski definition) is 6. The second-order valence-corrected chi connectivity index (χ2v) is 5.01. The third-order valence-electron chi connectivity index (χ3n) is 2.77. The normalized spacial score (nSPS) is 12.6. The first-order chi connectivity index (χ1) is 8.81. The van der Waals surface area contributed by atoms with Crippen LogP contribution in [-0.4, -0.2) is 21.5 Å². The first-order valence-electron chi connectivity index (χ1n) is 6.02. The molecule has 0 saturated carbocycles. The summed E-state index contributed by atoms with van der Waals surface area (Å²) in [6, 6.07) is 0. The third kappa shape index (κ3) is 4.31. The van der Waals surface area contributed by atoms with Crippen LogP contribution in [0.1, 0.15) is 31.7 Å². The zero-order valence-corrected chi connectivity index (χ0v) is 11.2. The van der Waals surface area contributed by atoms with E-state index in [-0.39, 0.29) is 41.9 Å². The number of nitro groups is 2. The summed E-state index contributed by atoms with van der Waals surface area (Å²) in [6.07, 6.45) is 0.772. The number of rotatable bonds is 7. The predicted octanol–water partition coefficient (Wildman–Crippen LogP) is 2.37. The summed E-state index contributed by atoms with van der Waals surface area (Å²) >= 11 is 0. The molecule has 106 valence electrons. The molecule has 0 spiro atoms. The van der Waals surface area contributed by atoms with Crippen molar-refractivity contribution < 1.29 is 14.4 Å². The van der Waals surface area contributed by atoms with E-state index in [4.69, 9.17) is 4.52 Å². The fourth-order valence-electron chi connectivity index (χ4n) is 2.14. The van der Waals surface area contributed by atoms with Crippen molar-refractivity contribution in [3.05, 3.63) is 31.7 Å². The van der Waals surface area contributed by atoms with Crippen molar-refractivity contribution >= 4 is 5.69 Å². The van der Waals surface area contributed by atoms with E-state index >= 15 is 0 Å². The molecule has 0 aliphatic heterocycles. The van der Waals surface area contributed by atoms with Gasteiger partial charge in [0.25, 0.3) is 0 Å². The van der Waals surface area contributed by atoms with E-state index in [1.54, 1.807) is 0 Å². The second kappa shape index (κ2) is 6.26. The Bertz CT molecular complexity index is 469. The molecule has 19 heavy (non-hydrogen) atoms. The summed E-state index contributed by atoms with van der Waals surface area (Å²) in [5.74, 6) is 0.101. The molecule has 0 bridgehead atoms. The molecule has 0 aliphatic rings. The first-order valence-corrected chi connectivity index (χ1v) is 6.02. The van der Waals surface area contributed by atoms with Crippen LogP contribution >= 0.6 is 0 Å². The lowest BCUT2D eigenvalue weighted by Crippen LogP contribution is -2.19. The molecule has 0 radical (unpaired) electrons. The molecule has 1 aromatic rings. The average Bonchev–Trinajstić information content (AvgIpc) is 2.57. The molecule has 8 heteroatoms. The number of hydrogen-bond donors (Lipinski definition) is 0. The van der Waals surface area contributed by atoms with Crippen LogP contribution in [0.2, 0.25) is 0 Å². The highest BCUT2D eigenvalue weighted by atomic mass is 16.6. The van der Waals surface area contributed by atoms with Crippen molar-refractivity contribution in [2.45, 2.75) is 33.6 Å².